The summed E-state index contributed by atoms with van der Waals surface area (Å²) in [4.78, 5) is 10.9. The topological polar surface area (TPSA) is 57.5 Å². The molecule has 0 aromatic rings. The molecule has 3 atom stereocenters. The minimum Gasteiger partial charge on any atom is -0.481 e. The van der Waals surface area contributed by atoms with Crippen molar-refractivity contribution in [3.63, 3.8) is 0 Å². The first kappa shape index (κ1) is 11.4. The van der Waals surface area contributed by atoms with E-state index < -0.39 is 12.1 Å². The highest BCUT2D eigenvalue weighted by molar-refractivity contribution is 9.10. The fourth-order valence-electron chi connectivity index (χ4n) is 3.57. The van der Waals surface area contributed by atoms with Gasteiger partial charge in [0.2, 0.25) is 0 Å². The van der Waals surface area contributed by atoms with E-state index in [0.717, 1.165) is 19.3 Å². The second kappa shape index (κ2) is 2.98. The predicted octanol–water partition coefficient (Wildman–Crippen LogP) is 2.17. The lowest BCUT2D eigenvalue weighted by Gasteiger charge is -2.44. The fraction of sp³-hybridized carbons (Fsp3) is 0.909. The van der Waals surface area contributed by atoms with Crippen LogP contribution in [0.1, 0.15) is 39.5 Å². The monoisotopic (exact) mass is 276 g/mol. The normalized spacial score (nSPS) is 47.1. The summed E-state index contributed by atoms with van der Waals surface area (Å²) in [5.74, 6) is -0.756. The van der Waals surface area contributed by atoms with Crippen LogP contribution in [0.5, 0.6) is 0 Å². The maximum absolute atomic E-state index is 10.9. The average Bonchev–Trinajstić information content (AvgIpc) is 2.48. The van der Waals surface area contributed by atoms with Gasteiger partial charge in [-0.2, -0.15) is 0 Å². The summed E-state index contributed by atoms with van der Waals surface area (Å²) in [7, 11) is 0. The van der Waals surface area contributed by atoms with Crippen LogP contribution in [0.3, 0.4) is 0 Å². The summed E-state index contributed by atoms with van der Waals surface area (Å²) in [6.07, 6.45) is 2.28. The molecule has 4 heteroatoms. The Morgan fingerprint density at radius 1 is 1.47 bits per heavy atom. The molecule has 2 fully saturated rings. The van der Waals surface area contributed by atoms with Crippen molar-refractivity contribution in [3.05, 3.63) is 0 Å². The first-order valence-electron chi connectivity index (χ1n) is 5.32. The number of alkyl halides is 1. The molecule has 0 aromatic carbocycles. The van der Waals surface area contributed by atoms with Crippen LogP contribution in [-0.2, 0) is 4.79 Å². The van der Waals surface area contributed by atoms with Crippen LogP contribution in [0.25, 0.3) is 0 Å². The average molecular weight is 277 g/mol. The standard InChI is InChI=1S/C11H17BrO3/c1-9(2)8(15)11(12)4-3-10(9,6-11)5-7(13)14/h8,15H,3-6H2,1-2H3,(H,13,14)/t8-,10+,11-/m0/s1. The Kier molecular flexibility index (Phi) is 2.26. The molecule has 0 unspecified atom stereocenters. The zero-order chi connectivity index (χ0) is 11.5. The number of aliphatic hydroxyl groups excluding tert-OH is 1. The number of aliphatic carboxylic acids is 1. The summed E-state index contributed by atoms with van der Waals surface area (Å²) in [6, 6.07) is 0. The van der Waals surface area contributed by atoms with Gasteiger partial charge < -0.3 is 10.2 Å². The van der Waals surface area contributed by atoms with Crippen LogP contribution in [0.15, 0.2) is 0 Å². The van der Waals surface area contributed by atoms with Gasteiger partial charge in [-0.3, -0.25) is 4.79 Å². The molecule has 2 N–H and O–H groups in total. The van der Waals surface area contributed by atoms with Crippen molar-refractivity contribution in [2.45, 2.75) is 50.0 Å². The van der Waals surface area contributed by atoms with Crippen molar-refractivity contribution in [2.75, 3.05) is 0 Å². The van der Waals surface area contributed by atoms with E-state index in [1.165, 1.54) is 0 Å². The number of hydrogen-bond donors (Lipinski definition) is 2. The summed E-state index contributed by atoms with van der Waals surface area (Å²) in [5.41, 5.74) is -0.547. The number of carbonyl (C=O) groups is 1. The van der Waals surface area contributed by atoms with Gasteiger partial charge in [-0.05, 0) is 30.1 Å². The second-order valence-corrected chi connectivity index (χ2v) is 7.27. The third-order valence-electron chi connectivity index (χ3n) is 4.68. The van der Waals surface area contributed by atoms with Crippen LogP contribution in [0, 0.1) is 10.8 Å². The summed E-state index contributed by atoms with van der Waals surface area (Å²) >= 11 is 3.61. The smallest absolute Gasteiger partial charge is 0.303 e. The summed E-state index contributed by atoms with van der Waals surface area (Å²) in [6.45, 7) is 3.98. The minimum absolute atomic E-state index is 0.171. The van der Waals surface area contributed by atoms with Crippen LogP contribution >= 0.6 is 15.9 Å². The SMILES string of the molecule is CC1(C)[C@H](O)[C@]2(Br)CC[C@@]1(CC(=O)O)C2. The van der Waals surface area contributed by atoms with E-state index in [1.54, 1.807) is 0 Å². The Morgan fingerprint density at radius 3 is 2.47 bits per heavy atom. The number of rotatable bonds is 2. The molecule has 3 nitrogen and oxygen atoms in total. The summed E-state index contributed by atoms with van der Waals surface area (Å²) in [5, 5.41) is 19.2. The summed E-state index contributed by atoms with van der Waals surface area (Å²) < 4.78 is -0.244. The van der Waals surface area contributed by atoms with Crippen molar-refractivity contribution >= 4 is 21.9 Å². The van der Waals surface area contributed by atoms with Crippen molar-refractivity contribution in [1.82, 2.24) is 0 Å². The van der Waals surface area contributed by atoms with Crippen molar-refractivity contribution in [3.8, 4) is 0 Å². The lowest BCUT2D eigenvalue weighted by Crippen LogP contribution is -2.46. The van der Waals surface area contributed by atoms with E-state index in [-0.39, 0.29) is 21.6 Å². The highest BCUT2D eigenvalue weighted by Crippen LogP contribution is 2.69. The molecule has 86 valence electrons. The Bertz CT molecular complexity index is 315. The number of carboxylic acids is 1. The Balaban J connectivity index is 2.37. The molecule has 0 spiro atoms. The lowest BCUT2D eigenvalue weighted by atomic mass is 9.62. The fourth-order valence-corrected chi connectivity index (χ4v) is 4.88. The van der Waals surface area contributed by atoms with Gasteiger partial charge in [-0.1, -0.05) is 29.8 Å². The molecule has 2 aliphatic carbocycles. The molecule has 2 rings (SSSR count). The molecule has 2 aliphatic rings. The minimum atomic E-state index is -0.756. The van der Waals surface area contributed by atoms with Crippen LogP contribution in [-0.4, -0.2) is 26.6 Å². The third-order valence-corrected chi connectivity index (χ3v) is 5.79. The van der Waals surface area contributed by atoms with Gasteiger partial charge in [-0.25, -0.2) is 0 Å². The van der Waals surface area contributed by atoms with Gasteiger partial charge in [0.25, 0.3) is 0 Å². The molecule has 2 saturated carbocycles. The van der Waals surface area contributed by atoms with Crippen molar-refractivity contribution in [1.29, 1.82) is 0 Å². The zero-order valence-electron chi connectivity index (χ0n) is 9.09. The molecule has 0 radical (unpaired) electrons. The second-order valence-electron chi connectivity index (χ2n) is 5.69. The van der Waals surface area contributed by atoms with Crippen molar-refractivity contribution in [2.24, 2.45) is 10.8 Å². The van der Waals surface area contributed by atoms with Crippen molar-refractivity contribution < 1.29 is 15.0 Å². The first-order chi connectivity index (χ1) is 6.74. The highest BCUT2D eigenvalue weighted by atomic mass is 79.9. The zero-order valence-corrected chi connectivity index (χ0v) is 10.7. The Labute approximate surface area is 98.0 Å². The van der Waals surface area contributed by atoms with Gasteiger partial charge in [0.1, 0.15) is 0 Å². The van der Waals surface area contributed by atoms with E-state index >= 15 is 0 Å². The quantitative estimate of drug-likeness (QED) is 0.760. The molecule has 0 aliphatic heterocycles. The Hall–Kier alpha value is -0.0900. The number of aliphatic hydroxyl groups is 1. The van der Waals surface area contributed by atoms with Crippen LogP contribution in [0.4, 0.5) is 0 Å². The van der Waals surface area contributed by atoms with Crippen LogP contribution in [0.2, 0.25) is 0 Å². The number of fused-ring (bicyclic) bond motifs is 2. The van der Waals surface area contributed by atoms with Gasteiger partial charge in [-0.15, -0.1) is 0 Å². The van der Waals surface area contributed by atoms with E-state index in [2.05, 4.69) is 15.9 Å². The molecular weight excluding hydrogens is 260 g/mol. The molecular formula is C11H17BrO3. The number of halogens is 1. The molecule has 0 saturated heterocycles. The van der Waals surface area contributed by atoms with Crippen LogP contribution < -0.4 is 0 Å². The molecule has 2 bridgehead atoms. The molecule has 0 amide bonds. The number of carboxylic acid groups (broad SMARTS) is 1. The maximum atomic E-state index is 10.9. The van der Waals surface area contributed by atoms with E-state index in [1.807, 2.05) is 13.8 Å². The highest BCUT2D eigenvalue weighted by Gasteiger charge is 2.68. The number of hydrogen-bond acceptors (Lipinski definition) is 2. The van der Waals surface area contributed by atoms with Gasteiger partial charge >= 0.3 is 5.97 Å². The van der Waals surface area contributed by atoms with Gasteiger partial charge in [0.15, 0.2) is 0 Å². The van der Waals surface area contributed by atoms with Gasteiger partial charge in [0.05, 0.1) is 16.8 Å². The first-order valence-corrected chi connectivity index (χ1v) is 6.12. The Morgan fingerprint density at radius 2 is 2.07 bits per heavy atom. The lowest BCUT2D eigenvalue weighted by molar-refractivity contribution is -0.143. The largest absolute Gasteiger partial charge is 0.481 e. The molecule has 0 aromatic heterocycles. The van der Waals surface area contributed by atoms with E-state index in [9.17, 15) is 9.90 Å². The maximum Gasteiger partial charge on any atom is 0.303 e. The van der Waals surface area contributed by atoms with E-state index in [0.29, 0.717) is 0 Å². The van der Waals surface area contributed by atoms with Gasteiger partial charge in [0, 0.05) is 0 Å². The predicted molar refractivity (Wildman–Crippen MR) is 60.0 cm³/mol. The molecule has 15 heavy (non-hydrogen) atoms. The third kappa shape index (κ3) is 1.30. The molecule has 0 heterocycles. The van der Waals surface area contributed by atoms with E-state index in [4.69, 9.17) is 5.11 Å².